The number of thiocarbonyl (C=S) groups is 1. The maximum Gasteiger partial charge on any atom is 0.172 e. The van der Waals surface area contributed by atoms with Gasteiger partial charge in [-0.3, -0.25) is 4.68 Å². The van der Waals surface area contributed by atoms with Gasteiger partial charge in [0.25, 0.3) is 0 Å². The van der Waals surface area contributed by atoms with Crippen LogP contribution in [0.15, 0.2) is 66.9 Å². The van der Waals surface area contributed by atoms with Gasteiger partial charge in [-0.15, -0.1) is 0 Å². The molecule has 1 aromatic heterocycles. The predicted octanol–water partition coefficient (Wildman–Crippen LogP) is 3.73. The molecular weight excluding hydrogens is 316 g/mol. The van der Waals surface area contributed by atoms with E-state index in [1.54, 1.807) is 0 Å². The van der Waals surface area contributed by atoms with Gasteiger partial charge in [-0.25, -0.2) is 0 Å². The lowest BCUT2D eigenvalue weighted by molar-refractivity contribution is 0.689. The molecule has 3 aromatic rings. The van der Waals surface area contributed by atoms with E-state index in [-0.39, 0.29) is 0 Å². The molecule has 4 nitrogen and oxygen atoms in total. The van der Waals surface area contributed by atoms with E-state index in [0.717, 1.165) is 12.4 Å². The molecule has 0 fully saturated rings. The standard InChI is InChI=1S/C19H20N4S/c1-15-7-9-17(10-8-15)14-23-12-11-18(22-23)21-19(24)20-13-16-5-3-2-4-6-16/h2-12H,13-14H2,1H3,(H2,20,21,22,24). The summed E-state index contributed by atoms with van der Waals surface area (Å²) in [5.74, 6) is 0.743. The number of hydrogen-bond acceptors (Lipinski definition) is 2. The summed E-state index contributed by atoms with van der Waals surface area (Å²) < 4.78 is 1.90. The maximum absolute atomic E-state index is 5.32. The summed E-state index contributed by atoms with van der Waals surface area (Å²) >= 11 is 5.32. The fourth-order valence-electron chi connectivity index (χ4n) is 2.34. The molecule has 0 unspecified atom stereocenters. The van der Waals surface area contributed by atoms with Gasteiger partial charge in [-0.05, 0) is 30.3 Å². The summed E-state index contributed by atoms with van der Waals surface area (Å²) in [6.07, 6.45) is 1.95. The monoisotopic (exact) mass is 336 g/mol. The van der Waals surface area contributed by atoms with E-state index in [1.165, 1.54) is 16.7 Å². The van der Waals surface area contributed by atoms with Crippen LogP contribution in [0.4, 0.5) is 5.82 Å². The Labute approximate surface area is 147 Å². The zero-order chi connectivity index (χ0) is 16.8. The topological polar surface area (TPSA) is 41.9 Å². The Morgan fingerprint density at radius 2 is 1.75 bits per heavy atom. The first-order chi connectivity index (χ1) is 11.7. The van der Waals surface area contributed by atoms with Crippen LogP contribution in [0.2, 0.25) is 0 Å². The molecule has 5 heteroatoms. The molecular formula is C19H20N4S. The Balaban J connectivity index is 1.51. The van der Waals surface area contributed by atoms with Gasteiger partial charge in [0.15, 0.2) is 10.9 Å². The lowest BCUT2D eigenvalue weighted by Gasteiger charge is -2.08. The number of rotatable bonds is 5. The second-order valence-corrected chi connectivity index (χ2v) is 6.09. The third-order valence-corrected chi connectivity index (χ3v) is 3.89. The van der Waals surface area contributed by atoms with Crippen molar-refractivity contribution < 1.29 is 0 Å². The van der Waals surface area contributed by atoms with Crippen LogP contribution >= 0.6 is 12.2 Å². The molecule has 0 spiro atoms. The Hall–Kier alpha value is -2.66. The summed E-state index contributed by atoms with van der Waals surface area (Å²) in [5, 5.41) is 11.4. The van der Waals surface area contributed by atoms with E-state index in [9.17, 15) is 0 Å². The minimum absolute atomic E-state index is 0.569. The highest BCUT2D eigenvalue weighted by atomic mass is 32.1. The number of nitrogens with one attached hydrogen (secondary N) is 2. The fourth-order valence-corrected chi connectivity index (χ4v) is 2.51. The summed E-state index contributed by atoms with van der Waals surface area (Å²) in [6, 6.07) is 20.5. The summed E-state index contributed by atoms with van der Waals surface area (Å²) in [7, 11) is 0. The zero-order valence-corrected chi connectivity index (χ0v) is 14.4. The van der Waals surface area contributed by atoms with Crippen molar-refractivity contribution in [2.24, 2.45) is 0 Å². The van der Waals surface area contributed by atoms with E-state index in [2.05, 4.69) is 59.1 Å². The van der Waals surface area contributed by atoms with Crippen molar-refractivity contribution in [2.75, 3.05) is 5.32 Å². The van der Waals surface area contributed by atoms with E-state index < -0.39 is 0 Å². The van der Waals surface area contributed by atoms with Crippen LogP contribution < -0.4 is 10.6 Å². The Kier molecular flexibility index (Phi) is 5.23. The molecule has 0 aliphatic rings. The molecule has 0 aliphatic carbocycles. The normalized spacial score (nSPS) is 10.4. The first-order valence-electron chi connectivity index (χ1n) is 7.87. The van der Waals surface area contributed by atoms with E-state index in [0.29, 0.717) is 11.7 Å². The average molecular weight is 336 g/mol. The molecule has 0 radical (unpaired) electrons. The quantitative estimate of drug-likeness (QED) is 0.697. The molecule has 0 atom stereocenters. The SMILES string of the molecule is Cc1ccc(Cn2ccc(NC(=S)NCc3ccccc3)n2)cc1. The van der Waals surface area contributed by atoms with Crippen molar-refractivity contribution in [3.63, 3.8) is 0 Å². The van der Waals surface area contributed by atoms with Crippen molar-refractivity contribution in [2.45, 2.75) is 20.0 Å². The smallest absolute Gasteiger partial charge is 0.172 e. The van der Waals surface area contributed by atoms with Crippen LogP contribution in [0.25, 0.3) is 0 Å². The molecule has 0 saturated carbocycles. The molecule has 0 amide bonds. The van der Waals surface area contributed by atoms with Crippen molar-refractivity contribution in [1.29, 1.82) is 0 Å². The number of hydrogen-bond donors (Lipinski definition) is 2. The minimum atomic E-state index is 0.569. The lowest BCUT2D eigenvalue weighted by Crippen LogP contribution is -2.28. The number of nitrogens with zero attached hydrogens (tertiary/aromatic N) is 2. The third kappa shape index (κ3) is 4.67. The van der Waals surface area contributed by atoms with Crippen molar-refractivity contribution >= 4 is 23.1 Å². The largest absolute Gasteiger partial charge is 0.358 e. The zero-order valence-electron chi connectivity index (χ0n) is 13.6. The number of aromatic nitrogens is 2. The Morgan fingerprint density at radius 1 is 1.00 bits per heavy atom. The van der Waals surface area contributed by atoms with Crippen molar-refractivity contribution in [3.8, 4) is 0 Å². The van der Waals surface area contributed by atoms with Gasteiger partial charge in [0.05, 0.1) is 6.54 Å². The summed E-state index contributed by atoms with van der Waals surface area (Å²) in [4.78, 5) is 0. The van der Waals surface area contributed by atoms with Gasteiger partial charge in [-0.2, -0.15) is 5.10 Å². The Bertz CT molecular complexity index is 794. The highest BCUT2D eigenvalue weighted by molar-refractivity contribution is 7.80. The molecule has 24 heavy (non-hydrogen) atoms. The molecule has 1 heterocycles. The van der Waals surface area contributed by atoms with Crippen LogP contribution in [0.1, 0.15) is 16.7 Å². The van der Waals surface area contributed by atoms with Gasteiger partial charge in [0.2, 0.25) is 0 Å². The fraction of sp³-hybridized carbons (Fsp3) is 0.158. The summed E-state index contributed by atoms with van der Waals surface area (Å²) in [5.41, 5.74) is 3.67. The van der Waals surface area contributed by atoms with Gasteiger partial charge in [0, 0.05) is 18.8 Å². The minimum Gasteiger partial charge on any atom is -0.358 e. The molecule has 3 rings (SSSR count). The average Bonchev–Trinajstić information content (AvgIpc) is 3.03. The molecule has 2 aromatic carbocycles. The number of benzene rings is 2. The van der Waals surface area contributed by atoms with Crippen LogP contribution in [-0.2, 0) is 13.1 Å². The van der Waals surface area contributed by atoms with E-state index in [1.807, 2.05) is 35.1 Å². The third-order valence-electron chi connectivity index (χ3n) is 3.64. The molecule has 0 bridgehead atoms. The predicted molar refractivity (Wildman–Crippen MR) is 102 cm³/mol. The first kappa shape index (κ1) is 16.2. The first-order valence-corrected chi connectivity index (χ1v) is 8.28. The van der Waals surface area contributed by atoms with E-state index in [4.69, 9.17) is 12.2 Å². The summed E-state index contributed by atoms with van der Waals surface area (Å²) in [6.45, 7) is 3.52. The molecule has 0 aliphatic heterocycles. The van der Waals surface area contributed by atoms with Gasteiger partial charge in [0.1, 0.15) is 0 Å². The second kappa shape index (κ2) is 7.75. The number of anilines is 1. The number of aryl methyl sites for hydroxylation is 1. The van der Waals surface area contributed by atoms with Crippen molar-refractivity contribution in [1.82, 2.24) is 15.1 Å². The van der Waals surface area contributed by atoms with Crippen LogP contribution in [0.3, 0.4) is 0 Å². The highest BCUT2D eigenvalue weighted by Gasteiger charge is 2.03. The lowest BCUT2D eigenvalue weighted by atomic mass is 10.1. The van der Waals surface area contributed by atoms with Gasteiger partial charge < -0.3 is 10.6 Å². The molecule has 122 valence electrons. The van der Waals surface area contributed by atoms with Crippen LogP contribution in [0, 0.1) is 6.92 Å². The van der Waals surface area contributed by atoms with Gasteiger partial charge >= 0.3 is 0 Å². The van der Waals surface area contributed by atoms with E-state index >= 15 is 0 Å². The highest BCUT2D eigenvalue weighted by Crippen LogP contribution is 2.08. The molecule has 2 N–H and O–H groups in total. The van der Waals surface area contributed by atoms with Crippen LogP contribution in [-0.4, -0.2) is 14.9 Å². The van der Waals surface area contributed by atoms with Gasteiger partial charge in [-0.1, -0.05) is 60.2 Å². The maximum atomic E-state index is 5.32. The second-order valence-electron chi connectivity index (χ2n) is 5.68. The van der Waals surface area contributed by atoms with Crippen LogP contribution in [0.5, 0.6) is 0 Å². The molecule has 0 saturated heterocycles. The van der Waals surface area contributed by atoms with Crippen molar-refractivity contribution in [3.05, 3.63) is 83.6 Å². The Morgan fingerprint density at radius 3 is 2.50 bits per heavy atom.